The summed E-state index contributed by atoms with van der Waals surface area (Å²) in [7, 11) is 1.28. The molecule has 1 atom stereocenters. The summed E-state index contributed by atoms with van der Waals surface area (Å²) in [6.45, 7) is 0.225. The Hall–Kier alpha value is -2.90. The number of hydrogen-bond donors (Lipinski definition) is 2. The van der Waals surface area contributed by atoms with Gasteiger partial charge in [0.25, 0.3) is 11.8 Å². The van der Waals surface area contributed by atoms with Crippen LogP contribution in [0.3, 0.4) is 0 Å². The quantitative estimate of drug-likeness (QED) is 0.448. The van der Waals surface area contributed by atoms with E-state index in [9.17, 15) is 19.5 Å². The van der Waals surface area contributed by atoms with E-state index in [0.29, 0.717) is 22.5 Å². The highest BCUT2D eigenvalue weighted by Crippen LogP contribution is 2.30. The van der Waals surface area contributed by atoms with Crippen molar-refractivity contribution in [3.05, 3.63) is 59.2 Å². The fraction of sp³-hybridized carbons (Fsp3) is 0.211. The Bertz CT molecular complexity index is 897. The summed E-state index contributed by atoms with van der Waals surface area (Å²) in [5, 5.41) is 12.5. The number of fused-ring (bicyclic) bond motifs is 1. The van der Waals surface area contributed by atoms with Gasteiger partial charge in [-0.15, -0.1) is 11.6 Å². The number of rotatable bonds is 6. The third-order valence-corrected chi connectivity index (χ3v) is 4.51. The van der Waals surface area contributed by atoms with E-state index in [1.165, 1.54) is 31.4 Å². The number of halogens is 1. The van der Waals surface area contributed by atoms with Crippen molar-refractivity contribution in [3.8, 4) is 0 Å². The van der Waals surface area contributed by atoms with Crippen molar-refractivity contribution < 1.29 is 24.2 Å². The third-order valence-electron chi connectivity index (χ3n) is 4.15. The zero-order valence-electron chi connectivity index (χ0n) is 14.4. The number of imide groups is 1. The number of ether oxygens (including phenoxy) is 1. The molecular weight excluding hydrogens is 372 g/mol. The molecule has 1 aliphatic heterocycles. The van der Waals surface area contributed by atoms with Gasteiger partial charge in [-0.1, -0.05) is 0 Å². The molecule has 0 aromatic heterocycles. The van der Waals surface area contributed by atoms with Crippen molar-refractivity contribution in [3.63, 3.8) is 0 Å². The van der Waals surface area contributed by atoms with Crippen molar-refractivity contribution in [2.75, 3.05) is 29.8 Å². The molecule has 2 N–H and O–H groups in total. The van der Waals surface area contributed by atoms with Crippen LogP contribution in [0.5, 0.6) is 0 Å². The monoisotopic (exact) mass is 388 g/mol. The SMILES string of the molecule is COC(=O)c1ccc(N2C(=O)c3ccc(NCC(O)CCl)cc3C2=O)cc1. The summed E-state index contributed by atoms with van der Waals surface area (Å²) in [6.07, 6.45) is -0.720. The molecule has 0 aliphatic carbocycles. The van der Waals surface area contributed by atoms with Crippen LogP contribution in [0.4, 0.5) is 11.4 Å². The van der Waals surface area contributed by atoms with Crippen molar-refractivity contribution in [2.45, 2.75) is 6.10 Å². The second kappa shape index (κ2) is 7.77. The average molecular weight is 389 g/mol. The molecule has 140 valence electrons. The number of nitrogens with zero attached hydrogens (tertiary/aromatic N) is 1. The van der Waals surface area contributed by atoms with Crippen LogP contribution in [0.25, 0.3) is 0 Å². The molecule has 0 bridgehead atoms. The van der Waals surface area contributed by atoms with E-state index in [0.717, 1.165) is 4.90 Å². The lowest BCUT2D eigenvalue weighted by Gasteiger charge is -2.14. The summed E-state index contributed by atoms with van der Waals surface area (Å²) in [4.78, 5) is 38.0. The van der Waals surface area contributed by atoms with Crippen LogP contribution in [0.2, 0.25) is 0 Å². The van der Waals surface area contributed by atoms with Gasteiger partial charge in [-0.2, -0.15) is 0 Å². The average Bonchev–Trinajstić information content (AvgIpc) is 2.95. The van der Waals surface area contributed by atoms with E-state index >= 15 is 0 Å². The molecule has 0 saturated carbocycles. The molecule has 0 spiro atoms. The number of alkyl halides is 1. The summed E-state index contributed by atoms with van der Waals surface area (Å²) >= 11 is 5.56. The maximum atomic E-state index is 12.7. The number of benzene rings is 2. The predicted octanol–water partition coefficient (Wildman–Crippen LogP) is 2.29. The highest BCUT2D eigenvalue weighted by molar-refractivity contribution is 6.34. The number of aliphatic hydroxyl groups excluding tert-OH is 1. The Kier molecular flexibility index (Phi) is 5.43. The van der Waals surface area contributed by atoms with Gasteiger partial charge in [0.1, 0.15) is 0 Å². The minimum absolute atomic E-state index is 0.0880. The Morgan fingerprint density at radius 1 is 1.15 bits per heavy atom. The molecule has 27 heavy (non-hydrogen) atoms. The topological polar surface area (TPSA) is 95.9 Å². The van der Waals surface area contributed by atoms with Crippen molar-refractivity contribution in [2.24, 2.45) is 0 Å². The Balaban J connectivity index is 1.84. The molecule has 1 aliphatic rings. The van der Waals surface area contributed by atoms with Crippen LogP contribution in [-0.4, -0.2) is 48.5 Å². The first kappa shape index (κ1) is 18.9. The van der Waals surface area contributed by atoms with Crippen LogP contribution >= 0.6 is 11.6 Å². The van der Waals surface area contributed by atoms with Crippen LogP contribution in [0.1, 0.15) is 31.1 Å². The van der Waals surface area contributed by atoms with Gasteiger partial charge in [0.15, 0.2) is 0 Å². The zero-order valence-corrected chi connectivity index (χ0v) is 15.2. The number of carbonyl (C=O) groups excluding carboxylic acids is 3. The van der Waals surface area contributed by atoms with Gasteiger partial charge < -0.3 is 15.2 Å². The lowest BCUT2D eigenvalue weighted by molar-refractivity contribution is 0.0600. The summed E-state index contributed by atoms with van der Waals surface area (Å²) in [5.41, 5.74) is 1.84. The first-order chi connectivity index (χ1) is 13.0. The van der Waals surface area contributed by atoms with Crippen LogP contribution in [-0.2, 0) is 4.74 Å². The molecule has 0 fully saturated rings. The first-order valence-corrected chi connectivity index (χ1v) is 8.68. The number of hydrogen-bond acceptors (Lipinski definition) is 6. The van der Waals surface area contributed by atoms with Crippen LogP contribution in [0.15, 0.2) is 42.5 Å². The molecule has 2 aromatic rings. The van der Waals surface area contributed by atoms with Gasteiger partial charge >= 0.3 is 5.97 Å². The molecule has 8 heteroatoms. The van der Waals surface area contributed by atoms with E-state index < -0.39 is 23.9 Å². The Morgan fingerprint density at radius 3 is 2.44 bits per heavy atom. The number of carbonyl (C=O) groups is 3. The van der Waals surface area contributed by atoms with E-state index in [2.05, 4.69) is 10.1 Å². The summed E-state index contributed by atoms with van der Waals surface area (Å²) < 4.78 is 4.64. The standard InChI is InChI=1S/C19H17ClN2O5/c1-27-19(26)11-2-5-13(6-3-11)22-17(24)15-7-4-12(8-16(15)18(22)25)21-10-14(23)9-20/h2-8,14,21,23H,9-10H2,1H3. The predicted molar refractivity (Wildman–Crippen MR) is 101 cm³/mol. The maximum absolute atomic E-state index is 12.7. The van der Waals surface area contributed by atoms with Gasteiger partial charge in [-0.05, 0) is 42.5 Å². The van der Waals surface area contributed by atoms with Gasteiger partial charge in [-0.25, -0.2) is 9.69 Å². The number of methoxy groups -OCH3 is 1. The fourth-order valence-electron chi connectivity index (χ4n) is 2.74. The molecule has 2 amide bonds. The fourth-order valence-corrected chi connectivity index (χ4v) is 2.85. The highest BCUT2D eigenvalue weighted by atomic mass is 35.5. The Labute approximate surface area is 160 Å². The molecule has 7 nitrogen and oxygen atoms in total. The third kappa shape index (κ3) is 3.65. The normalized spacial score (nSPS) is 14.1. The van der Waals surface area contributed by atoms with Crippen LogP contribution in [0, 0.1) is 0 Å². The van der Waals surface area contributed by atoms with Gasteiger partial charge in [0.05, 0.1) is 41.5 Å². The van der Waals surface area contributed by atoms with E-state index in [-0.39, 0.29) is 18.0 Å². The molecule has 1 heterocycles. The second-order valence-corrected chi connectivity index (χ2v) is 6.24. The number of amides is 2. The lowest BCUT2D eigenvalue weighted by atomic mass is 10.1. The van der Waals surface area contributed by atoms with E-state index in [1.54, 1.807) is 18.2 Å². The minimum atomic E-state index is -0.720. The smallest absolute Gasteiger partial charge is 0.337 e. The molecular formula is C19H17ClN2O5. The summed E-state index contributed by atoms with van der Waals surface area (Å²) in [5.74, 6) is -1.31. The van der Waals surface area contributed by atoms with Crippen LogP contribution < -0.4 is 10.2 Å². The molecule has 0 saturated heterocycles. The largest absolute Gasteiger partial charge is 0.465 e. The second-order valence-electron chi connectivity index (χ2n) is 5.93. The van der Waals surface area contributed by atoms with E-state index in [4.69, 9.17) is 11.6 Å². The highest BCUT2D eigenvalue weighted by Gasteiger charge is 2.36. The van der Waals surface area contributed by atoms with Gasteiger partial charge in [0.2, 0.25) is 0 Å². The number of esters is 1. The molecule has 0 radical (unpaired) electrons. The summed E-state index contributed by atoms with van der Waals surface area (Å²) in [6, 6.07) is 10.8. The van der Waals surface area contributed by atoms with E-state index in [1.807, 2.05) is 0 Å². The number of aliphatic hydroxyl groups is 1. The van der Waals surface area contributed by atoms with Gasteiger partial charge in [-0.3, -0.25) is 9.59 Å². The minimum Gasteiger partial charge on any atom is -0.465 e. The van der Waals surface area contributed by atoms with Crippen molar-refractivity contribution in [1.82, 2.24) is 0 Å². The maximum Gasteiger partial charge on any atom is 0.337 e. The van der Waals surface area contributed by atoms with Gasteiger partial charge in [0, 0.05) is 12.2 Å². The zero-order chi connectivity index (χ0) is 19.6. The molecule has 2 aromatic carbocycles. The van der Waals surface area contributed by atoms with Crippen molar-refractivity contribution in [1.29, 1.82) is 0 Å². The first-order valence-electron chi connectivity index (χ1n) is 8.15. The number of nitrogens with one attached hydrogen (secondary N) is 1. The number of anilines is 2. The lowest BCUT2D eigenvalue weighted by Crippen LogP contribution is -2.29. The molecule has 3 rings (SSSR count). The van der Waals surface area contributed by atoms with Crippen molar-refractivity contribution >= 4 is 40.8 Å². The Morgan fingerprint density at radius 2 is 1.81 bits per heavy atom. The molecule has 1 unspecified atom stereocenters.